The summed E-state index contributed by atoms with van der Waals surface area (Å²) < 4.78 is 36.9. The molecule has 0 aromatic heterocycles. The lowest BCUT2D eigenvalue weighted by Gasteiger charge is -2.38. The van der Waals surface area contributed by atoms with E-state index in [-0.39, 0.29) is 35.3 Å². The third-order valence-corrected chi connectivity index (χ3v) is 6.78. The van der Waals surface area contributed by atoms with Crippen LogP contribution in [0.3, 0.4) is 0 Å². The second kappa shape index (κ2) is 7.29. The van der Waals surface area contributed by atoms with Gasteiger partial charge in [-0.05, 0) is 25.5 Å². The second-order valence-electron chi connectivity index (χ2n) is 6.76. The highest BCUT2D eigenvalue weighted by molar-refractivity contribution is 7.91. The Morgan fingerprint density at radius 2 is 1.92 bits per heavy atom. The Labute approximate surface area is 147 Å². The molecule has 3 rings (SSSR count). The van der Waals surface area contributed by atoms with Gasteiger partial charge >= 0.3 is 0 Å². The van der Waals surface area contributed by atoms with Crippen LogP contribution in [0.4, 0.5) is 10.1 Å². The number of rotatable bonds is 4. The summed E-state index contributed by atoms with van der Waals surface area (Å²) in [6.45, 7) is 4.45. The fourth-order valence-corrected chi connectivity index (χ4v) is 5.13. The molecule has 8 heteroatoms. The normalized spacial score (nSPS) is 24.9. The first kappa shape index (κ1) is 18.1. The molecule has 1 amide bonds. The third-order valence-electron chi connectivity index (χ3n) is 5.01. The number of halogens is 1. The van der Waals surface area contributed by atoms with Crippen LogP contribution in [-0.4, -0.2) is 69.0 Å². The quantitative estimate of drug-likeness (QED) is 0.844. The highest BCUT2D eigenvalue weighted by Crippen LogP contribution is 2.21. The standard InChI is InChI=1S/C17H24FN3O3S/c1-13(17(22)19-14-6-11-25(23,24)12-14)20-7-9-21(10-8-20)16-5-3-2-4-15(16)18/h2-5,13-14H,6-12H2,1H3,(H,19,22). The summed E-state index contributed by atoms with van der Waals surface area (Å²) in [5.74, 6) is -0.189. The maximum atomic E-state index is 13.9. The van der Waals surface area contributed by atoms with Crippen LogP contribution in [-0.2, 0) is 14.6 Å². The maximum Gasteiger partial charge on any atom is 0.237 e. The minimum absolute atomic E-state index is 0.0342. The first-order chi connectivity index (χ1) is 11.9. The van der Waals surface area contributed by atoms with Crippen LogP contribution in [0.2, 0.25) is 0 Å². The van der Waals surface area contributed by atoms with Gasteiger partial charge in [0.15, 0.2) is 9.84 Å². The predicted molar refractivity (Wildman–Crippen MR) is 94.8 cm³/mol. The number of piperazine rings is 1. The van der Waals surface area contributed by atoms with Crippen molar-refractivity contribution in [2.24, 2.45) is 0 Å². The first-order valence-electron chi connectivity index (χ1n) is 8.60. The summed E-state index contributed by atoms with van der Waals surface area (Å²) in [5.41, 5.74) is 0.593. The Kier molecular flexibility index (Phi) is 5.29. The Hall–Kier alpha value is -1.67. The highest BCUT2D eigenvalue weighted by Gasteiger charge is 2.32. The minimum atomic E-state index is -3.00. The maximum absolute atomic E-state index is 13.9. The van der Waals surface area contributed by atoms with Gasteiger partial charge in [-0.25, -0.2) is 12.8 Å². The molecule has 2 saturated heterocycles. The van der Waals surface area contributed by atoms with Crippen LogP contribution in [0.15, 0.2) is 24.3 Å². The minimum Gasteiger partial charge on any atom is -0.367 e. The highest BCUT2D eigenvalue weighted by atomic mass is 32.2. The SMILES string of the molecule is CC(C(=O)NC1CCS(=O)(=O)C1)N1CCN(c2ccccc2F)CC1. The molecule has 25 heavy (non-hydrogen) atoms. The van der Waals surface area contributed by atoms with Crippen molar-refractivity contribution in [3.05, 3.63) is 30.1 Å². The van der Waals surface area contributed by atoms with Crippen molar-refractivity contribution in [3.8, 4) is 0 Å². The molecule has 0 radical (unpaired) electrons. The number of hydrogen-bond acceptors (Lipinski definition) is 5. The number of anilines is 1. The summed E-state index contributed by atoms with van der Waals surface area (Å²) in [5, 5.41) is 2.85. The van der Waals surface area contributed by atoms with Crippen molar-refractivity contribution in [2.45, 2.75) is 25.4 Å². The zero-order valence-corrected chi connectivity index (χ0v) is 15.1. The van der Waals surface area contributed by atoms with E-state index in [0.29, 0.717) is 38.3 Å². The van der Waals surface area contributed by atoms with Gasteiger partial charge in [0, 0.05) is 32.2 Å². The summed E-state index contributed by atoms with van der Waals surface area (Å²) in [6.07, 6.45) is 0.488. The van der Waals surface area contributed by atoms with Crippen molar-refractivity contribution in [3.63, 3.8) is 0 Å². The zero-order chi connectivity index (χ0) is 18.0. The lowest BCUT2D eigenvalue weighted by molar-refractivity contribution is -0.126. The Morgan fingerprint density at radius 3 is 2.52 bits per heavy atom. The number of benzene rings is 1. The molecule has 1 aromatic rings. The van der Waals surface area contributed by atoms with E-state index in [1.54, 1.807) is 12.1 Å². The third kappa shape index (κ3) is 4.30. The van der Waals surface area contributed by atoms with Gasteiger partial charge in [0.05, 0.1) is 23.2 Å². The van der Waals surface area contributed by atoms with Gasteiger partial charge in [-0.2, -0.15) is 0 Å². The molecule has 0 spiro atoms. The van der Waals surface area contributed by atoms with Gasteiger partial charge < -0.3 is 10.2 Å². The molecule has 0 aliphatic carbocycles. The molecular weight excluding hydrogens is 345 g/mol. The number of para-hydroxylation sites is 1. The summed E-state index contributed by atoms with van der Waals surface area (Å²) >= 11 is 0. The van der Waals surface area contributed by atoms with E-state index in [4.69, 9.17) is 0 Å². The lowest BCUT2D eigenvalue weighted by atomic mass is 10.1. The molecule has 2 aliphatic rings. The van der Waals surface area contributed by atoms with E-state index in [1.807, 2.05) is 17.9 Å². The van der Waals surface area contributed by atoms with E-state index in [1.165, 1.54) is 6.07 Å². The molecule has 2 atom stereocenters. The fraction of sp³-hybridized carbons (Fsp3) is 0.588. The molecule has 138 valence electrons. The van der Waals surface area contributed by atoms with Crippen LogP contribution >= 0.6 is 0 Å². The zero-order valence-electron chi connectivity index (χ0n) is 14.3. The average molecular weight is 369 g/mol. The van der Waals surface area contributed by atoms with Gasteiger partial charge in [0.25, 0.3) is 0 Å². The number of nitrogens with one attached hydrogen (secondary N) is 1. The van der Waals surface area contributed by atoms with Gasteiger partial charge in [-0.3, -0.25) is 9.69 Å². The number of hydrogen-bond donors (Lipinski definition) is 1. The number of carbonyl (C=O) groups is 1. The predicted octanol–water partition coefficient (Wildman–Crippen LogP) is 0.639. The van der Waals surface area contributed by atoms with Crippen molar-refractivity contribution in [1.82, 2.24) is 10.2 Å². The van der Waals surface area contributed by atoms with E-state index < -0.39 is 9.84 Å². The molecule has 2 fully saturated rings. The van der Waals surface area contributed by atoms with E-state index in [0.717, 1.165) is 0 Å². The van der Waals surface area contributed by atoms with Gasteiger partial charge in [0.1, 0.15) is 5.82 Å². The molecule has 1 aromatic carbocycles. The van der Waals surface area contributed by atoms with Gasteiger partial charge in [-0.1, -0.05) is 12.1 Å². The molecule has 0 saturated carbocycles. The Morgan fingerprint density at radius 1 is 1.24 bits per heavy atom. The van der Waals surface area contributed by atoms with Crippen molar-refractivity contribution >= 4 is 21.4 Å². The Balaban J connectivity index is 1.52. The summed E-state index contributed by atoms with van der Waals surface area (Å²) in [4.78, 5) is 16.4. The molecule has 2 heterocycles. The molecule has 2 aliphatic heterocycles. The number of nitrogens with zero attached hydrogens (tertiary/aromatic N) is 2. The van der Waals surface area contributed by atoms with E-state index in [9.17, 15) is 17.6 Å². The largest absolute Gasteiger partial charge is 0.367 e. The van der Waals surface area contributed by atoms with Crippen molar-refractivity contribution in [1.29, 1.82) is 0 Å². The van der Waals surface area contributed by atoms with Crippen LogP contribution in [0.25, 0.3) is 0 Å². The monoisotopic (exact) mass is 369 g/mol. The molecule has 2 unspecified atom stereocenters. The molecular formula is C17H24FN3O3S. The second-order valence-corrected chi connectivity index (χ2v) is 8.99. The summed E-state index contributed by atoms with van der Waals surface area (Å²) in [6, 6.07) is 6.10. The topological polar surface area (TPSA) is 69.7 Å². The average Bonchev–Trinajstić information content (AvgIpc) is 2.93. The van der Waals surface area contributed by atoms with Crippen LogP contribution in [0.5, 0.6) is 0 Å². The summed E-state index contributed by atoms with van der Waals surface area (Å²) in [7, 11) is -3.00. The number of sulfone groups is 1. The smallest absolute Gasteiger partial charge is 0.237 e. The lowest BCUT2D eigenvalue weighted by Crippen LogP contribution is -2.55. The molecule has 6 nitrogen and oxygen atoms in total. The van der Waals surface area contributed by atoms with Gasteiger partial charge in [-0.15, -0.1) is 0 Å². The molecule has 1 N–H and O–H groups in total. The number of amides is 1. The first-order valence-corrected chi connectivity index (χ1v) is 10.4. The van der Waals surface area contributed by atoms with Crippen LogP contribution < -0.4 is 10.2 Å². The number of carbonyl (C=O) groups excluding carboxylic acids is 1. The van der Waals surface area contributed by atoms with Crippen LogP contribution in [0.1, 0.15) is 13.3 Å². The fourth-order valence-electron chi connectivity index (χ4n) is 3.45. The molecule has 0 bridgehead atoms. The van der Waals surface area contributed by atoms with Gasteiger partial charge in [0.2, 0.25) is 5.91 Å². The van der Waals surface area contributed by atoms with E-state index >= 15 is 0 Å². The Bertz CT molecular complexity index is 732. The van der Waals surface area contributed by atoms with E-state index in [2.05, 4.69) is 10.2 Å². The van der Waals surface area contributed by atoms with Crippen molar-refractivity contribution < 1.29 is 17.6 Å². The van der Waals surface area contributed by atoms with Crippen molar-refractivity contribution in [2.75, 3.05) is 42.6 Å². The van der Waals surface area contributed by atoms with Crippen LogP contribution in [0, 0.1) is 5.82 Å².